The van der Waals surface area contributed by atoms with Gasteiger partial charge in [-0.25, -0.2) is 0 Å². The monoisotopic (exact) mass is 677 g/mol. The number of carbonyl (C=O) groups is 2. The van der Waals surface area contributed by atoms with Crippen LogP contribution in [0.25, 0.3) is 0 Å². The molecule has 282 valence electrons. The number of piperidine rings is 3. The smallest absolute Gasteiger partial charge is 0.222 e. The van der Waals surface area contributed by atoms with Crippen LogP contribution in [0.5, 0.6) is 0 Å². The number of amides is 2. The van der Waals surface area contributed by atoms with Crippen molar-refractivity contribution in [2.45, 2.75) is 219 Å². The average Bonchev–Trinajstić information content (AvgIpc) is 2.86. The van der Waals surface area contributed by atoms with Gasteiger partial charge in [0, 0.05) is 71.2 Å². The number of hydrogen-bond acceptors (Lipinski definition) is 6. The molecule has 0 saturated carbocycles. The number of hydrogen-bond donors (Lipinski definition) is 3. The van der Waals surface area contributed by atoms with Crippen LogP contribution in [-0.4, -0.2) is 105 Å². The van der Waals surface area contributed by atoms with Crippen LogP contribution in [0.4, 0.5) is 0 Å². The molecule has 3 N–H and O–H groups in total. The van der Waals surface area contributed by atoms with Crippen molar-refractivity contribution in [3.8, 4) is 0 Å². The minimum Gasteiger partial charge on any atom is -0.353 e. The Labute approximate surface area is 297 Å². The van der Waals surface area contributed by atoms with Crippen LogP contribution in [0, 0.1) is 0 Å². The molecule has 3 heterocycles. The molecular weight excluding hydrogens is 596 g/mol. The quantitative estimate of drug-likeness (QED) is 0.203. The van der Waals surface area contributed by atoms with E-state index in [9.17, 15) is 9.59 Å². The van der Waals surface area contributed by atoms with Gasteiger partial charge in [0.1, 0.15) is 0 Å². The molecule has 0 radical (unpaired) electrons. The molecule has 3 aliphatic rings. The van der Waals surface area contributed by atoms with Gasteiger partial charge in [-0.2, -0.15) is 0 Å². The van der Waals surface area contributed by atoms with Gasteiger partial charge in [-0.05, 0) is 155 Å². The highest BCUT2D eigenvalue weighted by molar-refractivity contribution is 5.76. The number of carbonyl (C=O) groups excluding carboxylic acids is 2. The first-order valence-electron chi connectivity index (χ1n) is 19.3. The Morgan fingerprint density at radius 1 is 0.667 bits per heavy atom. The standard InChI is InChI=1S/C28H56N4O.C12H24N2O/c1-11-24(33)32(23-20-27(6,7)30-28(8,9)21-23)17-15-13-12-14-16-31(10)22-18-25(2,3)29-26(4,5)19-22;1-9(15)13-10-7-11(2,3)14(6)12(4,5)8-10/h22-23,29-30H,11-21H2,1-10H3;10H,7-8H2,1-6H3,(H,13,15). The minimum absolute atomic E-state index is 0.0705. The Morgan fingerprint density at radius 3 is 1.46 bits per heavy atom. The molecule has 3 fully saturated rings. The lowest BCUT2D eigenvalue weighted by Crippen LogP contribution is -2.62. The van der Waals surface area contributed by atoms with Crippen molar-refractivity contribution in [1.82, 2.24) is 30.7 Å². The maximum atomic E-state index is 12.8. The number of unbranched alkanes of at least 4 members (excludes halogenated alkanes) is 3. The predicted molar refractivity (Wildman–Crippen MR) is 204 cm³/mol. The summed E-state index contributed by atoms with van der Waals surface area (Å²) in [6.07, 6.45) is 12.0. The van der Waals surface area contributed by atoms with Crippen molar-refractivity contribution >= 4 is 11.8 Å². The van der Waals surface area contributed by atoms with Crippen LogP contribution in [0.3, 0.4) is 0 Å². The largest absolute Gasteiger partial charge is 0.353 e. The van der Waals surface area contributed by atoms with Gasteiger partial charge in [0.05, 0.1) is 0 Å². The van der Waals surface area contributed by atoms with Crippen LogP contribution in [0.2, 0.25) is 0 Å². The third kappa shape index (κ3) is 13.5. The van der Waals surface area contributed by atoms with E-state index in [-0.39, 0.29) is 39.1 Å². The molecule has 3 saturated heterocycles. The highest BCUT2D eigenvalue weighted by Gasteiger charge is 2.44. The van der Waals surface area contributed by atoms with Gasteiger partial charge in [-0.15, -0.1) is 0 Å². The summed E-state index contributed by atoms with van der Waals surface area (Å²) >= 11 is 0. The Kier molecular flexibility index (Phi) is 14.7. The topological polar surface area (TPSA) is 80.0 Å². The zero-order valence-electron chi connectivity index (χ0n) is 34.6. The molecule has 0 atom stereocenters. The lowest BCUT2D eigenvalue weighted by Gasteiger charge is -2.53. The maximum absolute atomic E-state index is 12.8. The first kappa shape index (κ1) is 42.9. The first-order chi connectivity index (χ1) is 21.7. The van der Waals surface area contributed by atoms with E-state index in [0.29, 0.717) is 30.5 Å². The van der Waals surface area contributed by atoms with Crippen LogP contribution >= 0.6 is 0 Å². The summed E-state index contributed by atoms with van der Waals surface area (Å²) in [7, 11) is 4.48. The molecule has 0 aliphatic carbocycles. The molecule has 0 spiro atoms. The second-order valence-corrected chi connectivity index (χ2v) is 19.7. The minimum atomic E-state index is 0.0705. The van der Waals surface area contributed by atoms with Crippen LogP contribution in [0.15, 0.2) is 0 Å². The summed E-state index contributed by atoms with van der Waals surface area (Å²) in [5.74, 6) is 0.403. The summed E-state index contributed by atoms with van der Waals surface area (Å²) in [5, 5.41) is 10.6. The van der Waals surface area contributed by atoms with Gasteiger partial charge in [-0.1, -0.05) is 19.8 Å². The lowest BCUT2D eigenvalue weighted by molar-refractivity contribution is -0.135. The zero-order chi connectivity index (χ0) is 36.9. The Balaban J connectivity index is 0.000000444. The first-order valence-corrected chi connectivity index (χ1v) is 19.3. The Hall–Kier alpha value is -1.22. The third-order valence-corrected chi connectivity index (χ3v) is 11.4. The number of nitrogens with one attached hydrogen (secondary N) is 3. The zero-order valence-corrected chi connectivity index (χ0v) is 34.6. The van der Waals surface area contributed by atoms with E-state index >= 15 is 0 Å². The fraction of sp³-hybridized carbons (Fsp3) is 0.950. The Bertz CT molecular complexity index is 998. The summed E-state index contributed by atoms with van der Waals surface area (Å²) in [4.78, 5) is 31.1. The fourth-order valence-electron chi connectivity index (χ4n) is 9.72. The Morgan fingerprint density at radius 2 is 1.06 bits per heavy atom. The molecule has 0 unspecified atom stereocenters. The number of likely N-dealkylation sites (tertiary alicyclic amines) is 1. The normalized spacial score (nSPS) is 25.2. The van der Waals surface area contributed by atoms with Gasteiger partial charge in [0.2, 0.25) is 11.8 Å². The highest BCUT2D eigenvalue weighted by atomic mass is 16.2. The number of nitrogens with zero attached hydrogens (tertiary/aromatic N) is 3. The van der Waals surface area contributed by atoms with Crippen LogP contribution in [0.1, 0.15) is 168 Å². The molecule has 0 aromatic carbocycles. The molecule has 0 aromatic heterocycles. The van der Waals surface area contributed by atoms with Gasteiger partial charge in [-0.3, -0.25) is 14.5 Å². The summed E-state index contributed by atoms with van der Waals surface area (Å²) < 4.78 is 0. The fourth-order valence-corrected chi connectivity index (χ4v) is 9.72. The van der Waals surface area contributed by atoms with Gasteiger partial charge in [0.15, 0.2) is 0 Å². The van der Waals surface area contributed by atoms with Crippen LogP contribution in [-0.2, 0) is 9.59 Å². The molecule has 3 aliphatic heterocycles. The summed E-state index contributed by atoms with van der Waals surface area (Å²) in [5.41, 5.74) is 0.841. The van der Waals surface area contributed by atoms with Gasteiger partial charge < -0.3 is 25.8 Å². The second-order valence-electron chi connectivity index (χ2n) is 19.7. The van der Waals surface area contributed by atoms with Crippen molar-refractivity contribution in [2.75, 3.05) is 27.2 Å². The lowest BCUT2D eigenvalue weighted by atomic mass is 9.77. The molecule has 48 heavy (non-hydrogen) atoms. The summed E-state index contributed by atoms with van der Waals surface area (Å²) in [6, 6.07) is 1.31. The highest BCUT2D eigenvalue weighted by Crippen LogP contribution is 2.37. The van der Waals surface area contributed by atoms with E-state index < -0.39 is 0 Å². The van der Waals surface area contributed by atoms with E-state index in [1.807, 2.05) is 6.92 Å². The van der Waals surface area contributed by atoms with E-state index in [1.54, 1.807) is 6.92 Å². The van der Waals surface area contributed by atoms with E-state index in [4.69, 9.17) is 0 Å². The molecule has 0 aromatic rings. The van der Waals surface area contributed by atoms with E-state index in [0.717, 1.165) is 38.6 Å². The molecule has 8 nitrogen and oxygen atoms in total. The maximum Gasteiger partial charge on any atom is 0.222 e. The predicted octanol–water partition coefficient (Wildman–Crippen LogP) is 7.11. The van der Waals surface area contributed by atoms with Crippen molar-refractivity contribution < 1.29 is 9.59 Å². The molecular formula is C40H80N6O2. The molecule has 3 rings (SSSR count). The van der Waals surface area contributed by atoms with Crippen LogP contribution < -0.4 is 16.0 Å². The van der Waals surface area contributed by atoms with E-state index in [2.05, 4.69) is 128 Å². The van der Waals surface area contributed by atoms with Crippen molar-refractivity contribution in [1.29, 1.82) is 0 Å². The van der Waals surface area contributed by atoms with Crippen molar-refractivity contribution in [2.24, 2.45) is 0 Å². The van der Waals surface area contributed by atoms with Gasteiger partial charge in [0.25, 0.3) is 0 Å². The SMILES string of the molecule is CC(=O)NC1CC(C)(C)N(C)C(C)(C)C1.CCC(=O)N(CCCCCCN(C)C1CC(C)(C)NC(C)(C)C1)C1CC(C)(C)NC(C)(C)C1. The van der Waals surface area contributed by atoms with Crippen molar-refractivity contribution in [3.63, 3.8) is 0 Å². The molecule has 2 amide bonds. The average molecular weight is 677 g/mol. The van der Waals surface area contributed by atoms with Crippen molar-refractivity contribution in [3.05, 3.63) is 0 Å². The van der Waals surface area contributed by atoms with Gasteiger partial charge >= 0.3 is 0 Å². The number of rotatable bonds is 11. The molecule has 0 bridgehead atoms. The second kappa shape index (κ2) is 16.4. The summed E-state index contributed by atoms with van der Waals surface area (Å²) in [6.45, 7) is 33.1. The van der Waals surface area contributed by atoms with E-state index in [1.165, 1.54) is 38.6 Å². The molecule has 8 heteroatoms. The third-order valence-electron chi connectivity index (χ3n) is 11.4.